The van der Waals surface area contributed by atoms with Crippen LogP contribution in [0.3, 0.4) is 0 Å². The number of sulfonamides is 2. The number of rotatable bonds is 7. The second-order valence-electron chi connectivity index (χ2n) is 31.1. The molecule has 102 heavy (non-hydrogen) atoms. The molecule has 1 unspecified atom stereocenters. The molecule has 8 aliphatic rings. The largest absolute Gasteiger partial charge is 0.490 e. The average molecular weight is 1470 g/mol. The molecule has 0 aromatic heterocycles. The van der Waals surface area contributed by atoms with E-state index in [-0.39, 0.29) is 58.8 Å². The molecule has 4 bridgehead atoms. The first-order valence-electron chi connectivity index (χ1n) is 36.7. The number of carbonyl (C=O) groups excluding carboxylic acids is 4. The van der Waals surface area contributed by atoms with E-state index in [9.17, 15) is 36.6 Å². The molecule has 6 N–H and O–H groups in total. The molecule has 2 saturated carbocycles. The lowest BCUT2D eigenvalue weighted by molar-refractivity contribution is 0.00713. The number of hydrogen-bond acceptors (Lipinski definition) is 14. The quantitative estimate of drug-likeness (QED) is 0.0870. The third-order valence-electron chi connectivity index (χ3n) is 25.1. The topological polar surface area (TPSA) is 250 Å². The number of halogens is 2. The van der Waals surface area contributed by atoms with E-state index in [1.54, 1.807) is 74.5 Å². The maximum Gasteiger partial charge on any atom is 0.264 e. The monoisotopic (exact) mass is 1460 g/mol. The number of nitrogens with one attached hydrogen (secondary N) is 4. The number of aryl methyl sites for hydroxylation is 2. The molecule has 2 fully saturated rings. The number of anilines is 2. The van der Waals surface area contributed by atoms with Crippen LogP contribution in [0.1, 0.15) is 187 Å². The lowest BCUT2D eigenvalue weighted by atomic mass is 9.61. The zero-order valence-corrected chi connectivity index (χ0v) is 61.7. The number of fused-ring (bicyclic) bond motifs is 9. The summed E-state index contributed by atoms with van der Waals surface area (Å²) in [6.45, 7) is 8.36. The molecule has 0 radical (unpaired) electrons. The fourth-order valence-corrected chi connectivity index (χ4v) is 21.5. The van der Waals surface area contributed by atoms with E-state index < -0.39 is 89.3 Å². The standard InChI is InChI=1S/C80H94Cl2N6O12S2/c1-48-14-11-34-80(46-90,68-29-23-59(68)42-88-44-78(32-12-21-55-37-63(82)26-30-66(55)78)47-99-71-31-24-57(39-69(71)88)76(93)85-101(95,96)50(48)3)84-75(92)56-19-8-17-53(35-56)65-38-61-40-70-73(65)100-72-60(20-9-18-54-36-62(81)25-27-64(54)72)43-87(70)41-58-22-28-67(58)79(45-89,83-74(91)52-15-6-5-7-16-52)33-10-13-49(2)51(4)102(97,98)86-77(61)94/h5-8,15-17,19,24-27,30-31,35-40,48-51,58-60,67-68,72,89-90H,9-14,18,20-23,28-29,32-34,41-47H2,1-4H3,(H,83,91)(H,84,92)(H,85,93)(H,86,94)/t48-,49-,50+,51+,58-,59-,60+,67+,68+,72?,78-,79+,80-/m0/s1. The van der Waals surface area contributed by atoms with Gasteiger partial charge in [0.1, 0.15) is 11.9 Å². The van der Waals surface area contributed by atoms with Crippen LogP contribution in [0.2, 0.25) is 10.0 Å². The van der Waals surface area contributed by atoms with Gasteiger partial charge in [0.25, 0.3) is 23.6 Å². The van der Waals surface area contributed by atoms with Crippen LogP contribution >= 0.6 is 23.2 Å². The Morgan fingerprint density at radius 2 is 1.16 bits per heavy atom. The number of amides is 4. The second kappa shape index (κ2) is 28.7. The minimum absolute atomic E-state index is 0.0554. The van der Waals surface area contributed by atoms with Crippen molar-refractivity contribution in [2.75, 3.05) is 55.8 Å². The number of aliphatic hydroxyl groups excluding tert-OH is 2. The molecule has 22 heteroatoms. The van der Waals surface area contributed by atoms with Gasteiger partial charge in [0.15, 0.2) is 5.75 Å². The molecule has 6 aromatic rings. The average Bonchev–Trinajstić information content (AvgIpc) is 1.50. The highest BCUT2D eigenvalue weighted by atomic mass is 35.5. The van der Waals surface area contributed by atoms with E-state index in [2.05, 4.69) is 35.9 Å². The fourth-order valence-electron chi connectivity index (χ4n) is 18.5. The Bertz CT molecular complexity index is 4470. The summed E-state index contributed by atoms with van der Waals surface area (Å²) in [6, 6.07) is 36.5. The van der Waals surface area contributed by atoms with Crippen molar-refractivity contribution in [3.8, 4) is 22.6 Å². The van der Waals surface area contributed by atoms with Crippen molar-refractivity contribution in [3.05, 3.63) is 176 Å². The predicted octanol–water partition coefficient (Wildman–Crippen LogP) is 12.9. The summed E-state index contributed by atoms with van der Waals surface area (Å²) in [6.07, 6.45) is 9.82. The molecule has 18 nitrogen and oxygen atoms in total. The summed E-state index contributed by atoms with van der Waals surface area (Å²) in [5, 5.41) is 30.1. The lowest BCUT2D eigenvalue weighted by Crippen LogP contribution is -2.62. The Hall–Kier alpha value is -7.20. The van der Waals surface area contributed by atoms with Gasteiger partial charge in [0, 0.05) is 75.4 Å². The maximum atomic E-state index is 15.8. The molecule has 1 spiro atoms. The van der Waals surface area contributed by atoms with Gasteiger partial charge in [-0.05, 0) is 246 Å². The van der Waals surface area contributed by atoms with Gasteiger partial charge in [-0.25, -0.2) is 26.3 Å². The number of benzene rings is 6. The summed E-state index contributed by atoms with van der Waals surface area (Å²) in [5.41, 5.74) is 4.63. The molecule has 4 aliphatic carbocycles. The summed E-state index contributed by atoms with van der Waals surface area (Å²) >= 11 is 13.4. The van der Waals surface area contributed by atoms with Crippen molar-refractivity contribution in [2.45, 2.75) is 164 Å². The highest BCUT2D eigenvalue weighted by Gasteiger charge is 2.53. The fraction of sp³-hybridized carbons (Fsp3) is 0.500. The molecule has 0 saturated heterocycles. The van der Waals surface area contributed by atoms with E-state index in [1.807, 2.05) is 68.4 Å². The summed E-state index contributed by atoms with van der Waals surface area (Å²) < 4.78 is 76.8. The Balaban J connectivity index is 0.861. The molecule has 13 atom stereocenters. The Morgan fingerprint density at radius 1 is 0.569 bits per heavy atom. The van der Waals surface area contributed by atoms with Crippen LogP contribution in [0.25, 0.3) is 11.1 Å². The van der Waals surface area contributed by atoms with Crippen LogP contribution in [0, 0.1) is 41.4 Å². The smallest absolute Gasteiger partial charge is 0.264 e. The van der Waals surface area contributed by atoms with Gasteiger partial charge in [-0.2, -0.15) is 0 Å². The summed E-state index contributed by atoms with van der Waals surface area (Å²) in [7, 11) is -8.53. The van der Waals surface area contributed by atoms with Crippen LogP contribution in [-0.4, -0.2) is 118 Å². The van der Waals surface area contributed by atoms with E-state index >= 15 is 9.59 Å². The van der Waals surface area contributed by atoms with Gasteiger partial charge in [0.2, 0.25) is 20.0 Å². The Labute approximate surface area is 609 Å². The number of ether oxygens (including phenoxy) is 2. The van der Waals surface area contributed by atoms with Crippen LogP contribution in [0.5, 0.6) is 11.5 Å². The summed E-state index contributed by atoms with van der Waals surface area (Å²) in [5.74, 6) is -2.92. The van der Waals surface area contributed by atoms with Crippen molar-refractivity contribution in [2.24, 2.45) is 41.4 Å². The number of aliphatic hydroxyl groups is 2. The third kappa shape index (κ3) is 13.8. The number of carbonyl (C=O) groups is 4. The van der Waals surface area contributed by atoms with Crippen LogP contribution < -0.4 is 39.4 Å². The van der Waals surface area contributed by atoms with Crippen molar-refractivity contribution in [1.82, 2.24) is 20.1 Å². The maximum absolute atomic E-state index is 15.8. The number of nitrogens with zero attached hydrogens (tertiary/aromatic N) is 2. The first-order chi connectivity index (χ1) is 48.9. The van der Waals surface area contributed by atoms with E-state index in [0.717, 1.165) is 80.0 Å². The Kier molecular flexibility index (Phi) is 20.2. The SMILES string of the molecule is C[C@@H]1[C@@H](C)CCC[C@@](CO)(NC(=O)c2cccc(-c3cc4cc5c3OC3c6ccc(Cl)cc6CCC[C@@H]3CN5C[C@@H]3CC[C@H]3[C@@](CO)(NC(=O)c3ccccc3)CCC[C@H](C)[C@@H](C)S(=O)(=O)NC4=O)c2)[C@@H]2CC[C@H]2CN2C[C@@]3(CCCc4cc(Cl)ccc43)COc3ccc(cc32)C(=O)NS1(=O)=O. The molecule has 4 amide bonds. The van der Waals surface area contributed by atoms with Crippen molar-refractivity contribution in [1.29, 1.82) is 0 Å². The van der Waals surface area contributed by atoms with Gasteiger partial charge in [-0.1, -0.05) is 92.4 Å². The highest BCUT2D eigenvalue weighted by Crippen LogP contribution is 2.54. The lowest BCUT2D eigenvalue weighted by Gasteiger charge is -2.52. The highest BCUT2D eigenvalue weighted by molar-refractivity contribution is 7.91. The van der Waals surface area contributed by atoms with Crippen LogP contribution in [0.4, 0.5) is 11.4 Å². The molecule has 14 rings (SSSR count). The Morgan fingerprint density at radius 3 is 1.80 bits per heavy atom. The molecular weight excluding hydrogens is 1370 g/mol. The van der Waals surface area contributed by atoms with E-state index in [4.69, 9.17) is 32.7 Å². The van der Waals surface area contributed by atoms with Gasteiger partial charge >= 0.3 is 0 Å². The normalized spacial score (nSPS) is 30.6. The van der Waals surface area contributed by atoms with E-state index in [1.165, 1.54) is 0 Å². The molecule has 4 heterocycles. The van der Waals surface area contributed by atoms with Crippen molar-refractivity contribution >= 4 is 78.3 Å². The second-order valence-corrected chi connectivity index (χ2v) is 36.0. The third-order valence-corrected chi connectivity index (χ3v) is 29.4. The molecule has 4 aliphatic heterocycles. The zero-order valence-electron chi connectivity index (χ0n) is 58.5. The van der Waals surface area contributed by atoms with Crippen molar-refractivity contribution < 1.29 is 55.7 Å². The molecule has 542 valence electrons. The summed E-state index contributed by atoms with van der Waals surface area (Å²) in [4.78, 5) is 63.9. The first-order valence-corrected chi connectivity index (χ1v) is 40.6. The van der Waals surface area contributed by atoms with Gasteiger partial charge in [-0.3, -0.25) is 19.2 Å². The zero-order chi connectivity index (χ0) is 71.6. The van der Waals surface area contributed by atoms with Crippen molar-refractivity contribution in [3.63, 3.8) is 0 Å². The van der Waals surface area contributed by atoms with Gasteiger partial charge in [-0.15, -0.1) is 0 Å². The van der Waals surface area contributed by atoms with Crippen LogP contribution in [-0.2, 0) is 38.3 Å². The number of hydrogen-bond donors (Lipinski definition) is 6. The minimum Gasteiger partial charge on any atom is -0.490 e. The first kappa shape index (κ1) is 71.8. The molecule has 6 aromatic carbocycles. The predicted molar refractivity (Wildman–Crippen MR) is 397 cm³/mol. The van der Waals surface area contributed by atoms with Gasteiger partial charge in [0.05, 0.1) is 52.8 Å². The minimum atomic E-state index is -4.33. The van der Waals surface area contributed by atoms with Gasteiger partial charge < -0.3 is 40.1 Å². The van der Waals surface area contributed by atoms with Crippen LogP contribution in [0.15, 0.2) is 121 Å². The molecular formula is C80H94Cl2N6O12S2. The van der Waals surface area contributed by atoms with E-state index in [0.29, 0.717) is 127 Å².